The van der Waals surface area contributed by atoms with Crippen LogP contribution in [0.25, 0.3) is 0 Å². The molecule has 0 aliphatic carbocycles. The zero-order chi connectivity index (χ0) is 16.8. The Morgan fingerprint density at radius 3 is 2.23 bits per heavy atom. The molecule has 0 bridgehead atoms. The van der Waals surface area contributed by atoms with Crippen molar-refractivity contribution in [3.8, 4) is 0 Å². The van der Waals surface area contributed by atoms with Crippen molar-refractivity contribution in [3.63, 3.8) is 0 Å². The number of esters is 1. The topological polar surface area (TPSA) is 38.3 Å². The van der Waals surface area contributed by atoms with Gasteiger partial charge in [-0.15, -0.1) is 6.58 Å². The number of hydrogen-bond donors (Lipinski definition) is 1. The van der Waals surface area contributed by atoms with E-state index in [1.807, 2.05) is 19.9 Å². The van der Waals surface area contributed by atoms with Crippen LogP contribution in [0.2, 0.25) is 0 Å². The quantitative estimate of drug-likeness (QED) is 0.283. The van der Waals surface area contributed by atoms with Crippen LogP contribution in [0.3, 0.4) is 0 Å². The summed E-state index contributed by atoms with van der Waals surface area (Å²) in [6, 6.07) is 0.0964. The summed E-state index contributed by atoms with van der Waals surface area (Å²) in [4.78, 5) is 11.9. The van der Waals surface area contributed by atoms with Crippen LogP contribution in [0.1, 0.15) is 78.6 Å². The fourth-order valence-corrected chi connectivity index (χ4v) is 2.73. The number of nitrogens with one attached hydrogen (secondary N) is 1. The van der Waals surface area contributed by atoms with E-state index in [-0.39, 0.29) is 17.9 Å². The first-order valence-corrected chi connectivity index (χ1v) is 9.01. The standard InChI is InChI=1S/C19H37NO2/c1-6-8-9-10-11-12-13-15-17(14-7-2)20-18(16(3)4)19(21)22-5/h7,16-18,20H,2,6,8-15H2,1,3-5H3/t17-,18+/m1/s1. The molecule has 0 aromatic heterocycles. The van der Waals surface area contributed by atoms with Gasteiger partial charge in [-0.05, 0) is 18.8 Å². The number of unbranched alkanes of at least 4 members (excludes halogenated alkanes) is 6. The van der Waals surface area contributed by atoms with Crippen LogP contribution in [0.4, 0.5) is 0 Å². The Hall–Kier alpha value is -0.830. The molecule has 2 atom stereocenters. The number of carbonyl (C=O) groups is 1. The Labute approximate surface area is 137 Å². The van der Waals surface area contributed by atoms with Crippen molar-refractivity contribution in [2.75, 3.05) is 7.11 Å². The monoisotopic (exact) mass is 311 g/mol. The van der Waals surface area contributed by atoms with Gasteiger partial charge in [-0.2, -0.15) is 0 Å². The smallest absolute Gasteiger partial charge is 0.323 e. The number of methoxy groups -OCH3 is 1. The van der Waals surface area contributed by atoms with E-state index in [9.17, 15) is 4.79 Å². The van der Waals surface area contributed by atoms with Gasteiger partial charge in [0.2, 0.25) is 0 Å². The second kappa shape index (κ2) is 13.8. The summed E-state index contributed by atoms with van der Waals surface area (Å²) in [7, 11) is 1.46. The van der Waals surface area contributed by atoms with E-state index in [0.717, 1.165) is 12.8 Å². The molecule has 1 N–H and O–H groups in total. The predicted molar refractivity (Wildman–Crippen MR) is 95.0 cm³/mol. The Morgan fingerprint density at radius 1 is 1.14 bits per heavy atom. The summed E-state index contributed by atoms with van der Waals surface area (Å²) in [6.45, 7) is 10.2. The number of hydrogen-bond acceptors (Lipinski definition) is 3. The normalized spacial score (nSPS) is 13.9. The number of ether oxygens (including phenoxy) is 1. The van der Waals surface area contributed by atoms with Gasteiger partial charge in [-0.3, -0.25) is 4.79 Å². The molecule has 0 aromatic carbocycles. The van der Waals surface area contributed by atoms with Crippen LogP contribution >= 0.6 is 0 Å². The summed E-state index contributed by atoms with van der Waals surface area (Å²) < 4.78 is 4.91. The van der Waals surface area contributed by atoms with E-state index >= 15 is 0 Å². The molecule has 130 valence electrons. The molecule has 0 saturated heterocycles. The van der Waals surface area contributed by atoms with Crippen molar-refractivity contribution in [2.45, 2.75) is 90.6 Å². The fraction of sp³-hybridized carbons (Fsp3) is 0.842. The summed E-state index contributed by atoms with van der Waals surface area (Å²) in [5.41, 5.74) is 0. The van der Waals surface area contributed by atoms with Crippen LogP contribution in [0, 0.1) is 5.92 Å². The highest BCUT2D eigenvalue weighted by atomic mass is 16.5. The second-order valence-electron chi connectivity index (χ2n) is 6.54. The van der Waals surface area contributed by atoms with Crippen molar-refractivity contribution in [1.82, 2.24) is 5.32 Å². The maximum absolute atomic E-state index is 11.9. The van der Waals surface area contributed by atoms with Crippen LogP contribution in [-0.2, 0) is 9.53 Å². The van der Waals surface area contributed by atoms with E-state index < -0.39 is 0 Å². The molecule has 22 heavy (non-hydrogen) atoms. The molecule has 3 nitrogen and oxygen atoms in total. The highest BCUT2D eigenvalue weighted by Crippen LogP contribution is 2.14. The van der Waals surface area contributed by atoms with Crippen molar-refractivity contribution < 1.29 is 9.53 Å². The SMILES string of the molecule is C=CC[C@H](CCCCCCCCC)N[C@H](C(=O)OC)C(C)C. The Balaban J connectivity index is 4.12. The Kier molecular flexibility index (Phi) is 13.3. The Bertz CT molecular complexity index is 289. The highest BCUT2D eigenvalue weighted by Gasteiger charge is 2.25. The lowest BCUT2D eigenvalue weighted by molar-refractivity contribution is -0.144. The third kappa shape index (κ3) is 9.99. The van der Waals surface area contributed by atoms with Gasteiger partial charge in [-0.1, -0.05) is 71.8 Å². The van der Waals surface area contributed by atoms with Crippen LogP contribution in [-0.4, -0.2) is 25.2 Å². The zero-order valence-electron chi connectivity index (χ0n) is 15.2. The van der Waals surface area contributed by atoms with Crippen molar-refractivity contribution >= 4 is 5.97 Å². The molecule has 0 unspecified atom stereocenters. The third-order valence-corrected chi connectivity index (χ3v) is 4.14. The van der Waals surface area contributed by atoms with E-state index in [1.54, 1.807) is 0 Å². The lowest BCUT2D eigenvalue weighted by Crippen LogP contribution is -2.47. The predicted octanol–water partition coefficient (Wildman–Crippen LogP) is 4.86. The Morgan fingerprint density at radius 2 is 1.73 bits per heavy atom. The first-order valence-electron chi connectivity index (χ1n) is 9.01. The minimum Gasteiger partial charge on any atom is -0.468 e. The molecule has 0 spiro atoms. The molecule has 0 fully saturated rings. The molecule has 0 amide bonds. The lowest BCUT2D eigenvalue weighted by Gasteiger charge is -2.26. The summed E-state index contributed by atoms with van der Waals surface area (Å²) >= 11 is 0. The van der Waals surface area contributed by atoms with E-state index in [4.69, 9.17) is 4.74 Å². The molecule has 0 radical (unpaired) electrons. The van der Waals surface area contributed by atoms with Crippen molar-refractivity contribution in [2.24, 2.45) is 5.92 Å². The summed E-state index contributed by atoms with van der Waals surface area (Å²) in [5.74, 6) is 0.0671. The fourth-order valence-electron chi connectivity index (χ4n) is 2.73. The second-order valence-corrected chi connectivity index (χ2v) is 6.54. The molecule has 0 saturated carbocycles. The van der Waals surface area contributed by atoms with E-state index in [1.165, 1.54) is 52.1 Å². The summed E-state index contributed by atoms with van der Waals surface area (Å²) in [6.07, 6.45) is 13.1. The molecule has 0 aliphatic heterocycles. The molecule has 0 aliphatic rings. The van der Waals surface area contributed by atoms with Gasteiger partial charge in [0.25, 0.3) is 0 Å². The van der Waals surface area contributed by atoms with E-state index in [2.05, 4.69) is 18.8 Å². The molecule has 0 rings (SSSR count). The van der Waals surface area contributed by atoms with Gasteiger partial charge in [-0.25, -0.2) is 0 Å². The minimum absolute atomic E-state index is 0.163. The number of carbonyl (C=O) groups excluding carboxylic acids is 1. The van der Waals surface area contributed by atoms with Crippen molar-refractivity contribution in [3.05, 3.63) is 12.7 Å². The highest BCUT2D eigenvalue weighted by molar-refractivity contribution is 5.75. The van der Waals surface area contributed by atoms with Gasteiger partial charge in [0.1, 0.15) is 6.04 Å². The van der Waals surface area contributed by atoms with Gasteiger partial charge in [0.15, 0.2) is 0 Å². The minimum atomic E-state index is -0.223. The van der Waals surface area contributed by atoms with Crippen LogP contribution in [0.15, 0.2) is 12.7 Å². The first kappa shape index (κ1) is 21.2. The molecular formula is C19H37NO2. The van der Waals surface area contributed by atoms with Gasteiger partial charge < -0.3 is 10.1 Å². The molecule has 3 heteroatoms. The van der Waals surface area contributed by atoms with Gasteiger partial charge in [0, 0.05) is 6.04 Å². The van der Waals surface area contributed by atoms with Crippen LogP contribution < -0.4 is 5.32 Å². The lowest BCUT2D eigenvalue weighted by atomic mass is 9.99. The third-order valence-electron chi connectivity index (χ3n) is 4.14. The average molecular weight is 312 g/mol. The first-order chi connectivity index (χ1) is 10.6. The van der Waals surface area contributed by atoms with Gasteiger partial charge in [0.05, 0.1) is 7.11 Å². The molecule has 0 aromatic rings. The van der Waals surface area contributed by atoms with Crippen LogP contribution in [0.5, 0.6) is 0 Å². The largest absolute Gasteiger partial charge is 0.468 e. The molecule has 0 heterocycles. The van der Waals surface area contributed by atoms with Crippen molar-refractivity contribution in [1.29, 1.82) is 0 Å². The maximum atomic E-state index is 11.9. The van der Waals surface area contributed by atoms with Gasteiger partial charge >= 0.3 is 5.97 Å². The van der Waals surface area contributed by atoms with E-state index in [0.29, 0.717) is 6.04 Å². The maximum Gasteiger partial charge on any atom is 0.323 e. The molecular weight excluding hydrogens is 274 g/mol. The summed E-state index contributed by atoms with van der Waals surface area (Å²) in [5, 5.41) is 3.47. The average Bonchev–Trinajstić information content (AvgIpc) is 2.50. The zero-order valence-corrected chi connectivity index (χ0v) is 15.2. The number of rotatable bonds is 14.